The quantitative estimate of drug-likeness (QED) is 0.242. The molecule has 0 bridgehead atoms. The highest BCUT2D eigenvalue weighted by Crippen LogP contribution is 2.07. The van der Waals surface area contributed by atoms with Gasteiger partial charge < -0.3 is 15.4 Å². The van der Waals surface area contributed by atoms with E-state index in [1.165, 1.54) is 32.1 Å². The molecule has 0 amide bonds. The number of hydrogen-bond donors (Lipinski definition) is 1. The highest BCUT2D eigenvalue weighted by atomic mass is 16.5. The number of nitrogens with two attached hydrogens (primary N) is 1. The largest absolute Gasteiger partial charge is 0.461 e. The minimum atomic E-state index is -0.421. The lowest BCUT2D eigenvalue weighted by molar-refractivity contribution is -0.139. The van der Waals surface area contributed by atoms with Gasteiger partial charge in [-0.25, -0.2) is 4.79 Å². The van der Waals surface area contributed by atoms with Crippen LogP contribution < -0.4 is 5.73 Å². The topological polar surface area (TPSA) is 55.6 Å². The molecule has 0 heterocycles. The van der Waals surface area contributed by atoms with Gasteiger partial charge in [-0.1, -0.05) is 45.4 Å². The maximum absolute atomic E-state index is 11.7. The fourth-order valence-corrected chi connectivity index (χ4v) is 2.08. The van der Waals surface area contributed by atoms with Crippen molar-refractivity contribution in [2.45, 2.75) is 65.7 Å². The van der Waals surface area contributed by atoms with E-state index < -0.39 is 5.97 Å². The van der Waals surface area contributed by atoms with Crippen LogP contribution in [0.3, 0.4) is 0 Å². The Morgan fingerprint density at radius 2 is 1.59 bits per heavy atom. The molecule has 4 nitrogen and oxygen atoms in total. The van der Waals surface area contributed by atoms with Gasteiger partial charge in [-0.2, -0.15) is 0 Å². The molecule has 4 heteroatoms. The third-order valence-corrected chi connectivity index (χ3v) is 3.60. The Morgan fingerprint density at radius 1 is 1.00 bits per heavy atom. The summed E-state index contributed by atoms with van der Waals surface area (Å²) in [5, 5.41) is 0. The number of carbonyl (C=O) groups excluding carboxylic acids is 1. The van der Waals surface area contributed by atoms with Gasteiger partial charge in [0.1, 0.15) is 5.70 Å². The van der Waals surface area contributed by atoms with Gasteiger partial charge in [-0.15, -0.1) is 0 Å². The molecular formula is C18H34N2O2. The molecule has 0 saturated carbocycles. The fraction of sp³-hybridized carbons (Fsp3) is 0.722. The van der Waals surface area contributed by atoms with Gasteiger partial charge in [0.2, 0.25) is 0 Å². The molecule has 0 saturated heterocycles. The van der Waals surface area contributed by atoms with Crippen LogP contribution in [0.1, 0.15) is 65.7 Å². The summed E-state index contributed by atoms with van der Waals surface area (Å²) in [4.78, 5) is 13.8. The third-order valence-electron chi connectivity index (χ3n) is 3.60. The molecule has 0 aliphatic carbocycles. The molecule has 2 N–H and O–H groups in total. The zero-order valence-corrected chi connectivity index (χ0v) is 14.6. The number of carbonyl (C=O) groups is 1. The van der Waals surface area contributed by atoms with E-state index in [-0.39, 0.29) is 5.70 Å². The maximum atomic E-state index is 11.7. The van der Waals surface area contributed by atoms with Crippen LogP contribution in [0.2, 0.25) is 0 Å². The first-order valence-corrected chi connectivity index (χ1v) is 8.70. The van der Waals surface area contributed by atoms with Crippen molar-refractivity contribution in [3.8, 4) is 0 Å². The zero-order chi connectivity index (χ0) is 16.6. The van der Waals surface area contributed by atoms with Crippen molar-refractivity contribution in [2.75, 3.05) is 19.7 Å². The van der Waals surface area contributed by atoms with Crippen LogP contribution in [0.5, 0.6) is 0 Å². The number of allylic oxidation sites excluding steroid dienone is 2. The third kappa shape index (κ3) is 11.2. The number of unbranched alkanes of at least 4 members (excludes halogenated alkanes) is 6. The highest BCUT2D eigenvalue weighted by molar-refractivity contribution is 5.87. The minimum Gasteiger partial charge on any atom is -0.461 e. The van der Waals surface area contributed by atoms with E-state index in [0.29, 0.717) is 6.61 Å². The first kappa shape index (κ1) is 20.6. The second-order valence-corrected chi connectivity index (χ2v) is 5.44. The van der Waals surface area contributed by atoms with Crippen molar-refractivity contribution in [1.82, 2.24) is 4.90 Å². The Labute approximate surface area is 136 Å². The molecule has 0 unspecified atom stereocenters. The number of rotatable bonds is 13. The Balaban J connectivity index is 3.77. The van der Waals surface area contributed by atoms with Crippen LogP contribution in [0.4, 0.5) is 0 Å². The second kappa shape index (κ2) is 14.5. The van der Waals surface area contributed by atoms with E-state index in [4.69, 9.17) is 10.5 Å². The van der Waals surface area contributed by atoms with E-state index in [9.17, 15) is 4.79 Å². The van der Waals surface area contributed by atoms with Crippen LogP contribution in [0.25, 0.3) is 0 Å². The van der Waals surface area contributed by atoms with Crippen molar-refractivity contribution < 1.29 is 9.53 Å². The van der Waals surface area contributed by atoms with Crippen molar-refractivity contribution in [1.29, 1.82) is 0 Å². The molecule has 0 aromatic heterocycles. The molecule has 0 aliphatic rings. The van der Waals surface area contributed by atoms with E-state index in [1.807, 2.05) is 6.20 Å². The van der Waals surface area contributed by atoms with E-state index in [1.54, 1.807) is 12.2 Å². The summed E-state index contributed by atoms with van der Waals surface area (Å²) in [5.74, 6) is -0.421. The fourth-order valence-electron chi connectivity index (χ4n) is 2.08. The average molecular weight is 310 g/mol. The predicted molar refractivity (Wildman–Crippen MR) is 93.3 cm³/mol. The van der Waals surface area contributed by atoms with Crippen LogP contribution in [0, 0.1) is 0 Å². The predicted octanol–water partition coefficient (Wildman–Crippen LogP) is 3.98. The van der Waals surface area contributed by atoms with Crippen LogP contribution in [0.15, 0.2) is 24.0 Å². The number of nitrogens with zero attached hydrogens (tertiary/aromatic N) is 1. The average Bonchev–Trinajstić information content (AvgIpc) is 2.53. The highest BCUT2D eigenvalue weighted by Gasteiger charge is 2.05. The van der Waals surface area contributed by atoms with Gasteiger partial charge in [0.15, 0.2) is 0 Å². The SMILES string of the molecule is CCCCCCCCCOC(=O)/C(N)=C\C=C\N(CC)CC. The lowest BCUT2D eigenvalue weighted by atomic mass is 10.1. The summed E-state index contributed by atoms with van der Waals surface area (Å²) in [5.41, 5.74) is 5.86. The smallest absolute Gasteiger partial charge is 0.354 e. The minimum absolute atomic E-state index is 0.159. The number of hydrogen-bond acceptors (Lipinski definition) is 4. The van der Waals surface area contributed by atoms with Crippen molar-refractivity contribution in [2.24, 2.45) is 5.73 Å². The number of ether oxygens (including phenoxy) is 1. The molecule has 0 fully saturated rings. The normalized spacial score (nSPS) is 11.9. The summed E-state index contributed by atoms with van der Waals surface area (Å²) in [7, 11) is 0. The molecule has 0 rings (SSSR count). The van der Waals surface area contributed by atoms with Gasteiger partial charge in [0, 0.05) is 13.1 Å². The van der Waals surface area contributed by atoms with E-state index in [2.05, 4.69) is 25.7 Å². The van der Waals surface area contributed by atoms with Crippen molar-refractivity contribution in [3.63, 3.8) is 0 Å². The molecule has 0 aliphatic heterocycles. The molecule has 128 valence electrons. The summed E-state index contributed by atoms with van der Waals surface area (Å²) in [6, 6.07) is 0. The molecule has 0 spiro atoms. The molecular weight excluding hydrogens is 276 g/mol. The van der Waals surface area contributed by atoms with E-state index in [0.717, 1.165) is 25.9 Å². The standard InChI is InChI=1S/C18H34N2O2/c1-4-7-8-9-10-11-12-16-22-18(21)17(19)14-13-15-20(5-2)6-3/h13-15H,4-12,16,19H2,1-3H3/b15-13+,17-14+. The van der Waals surface area contributed by atoms with Gasteiger partial charge in [0.25, 0.3) is 0 Å². The molecule has 0 aromatic rings. The Kier molecular flexibility index (Phi) is 13.5. The van der Waals surface area contributed by atoms with Crippen molar-refractivity contribution >= 4 is 5.97 Å². The molecule has 0 radical (unpaired) electrons. The molecule has 22 heavy (non-hydrogen) atoms. The van der Waals surface area contributed by atoms with Gasteiger partial charge in [-0.3, -0.25) is 0 Å². The lowest BCUT2D eigenvalue weighted by Crippen LogP contribution is -2.16. The van der Waals surface area contributed by atoms with Gasteiger partial charge in [-0.05, 0) is 38.6 Å². The Morgan fingerprint density at radius 3 is 2.18 bits per heavy atom. The second-order valence-electron chi connectivity index (χ2n) is 5.44. The maximum Gasteiger partial charge on any atom is 0.354 e. The first-order valence-electron chi connectivity index (χ1n) is 8.70. The molecule has 0 atom stereocenters. The van der Waals surface area contributed by atoms with Crippen LogP contribution in [-0.4, -0.2) is 30.6 Å². The zero-order valence-electron chi connectivity index (χ0n) is 14.6. The Bertz CT molecular complexity index is 334. The number of esters is 1. The monoisotopic (exact) mass is 310 g/mol. The lowest BCUT2D eigenvalue weighted by Gasteiger charge is -2.13. The summed E-state index contributed by atoms with van der Waals surface area (Å²) in [6.07, 6.45) is 13.7. The Hall–Kier alpha value is -1.45. The summed E-state index contributed by atoms with van der Waals surface area (Å²) in [6.45, 7) is 8.71. The molecule has 0 aromatic carbocycles. The summed E-state index contributed by atoms with van der Waals surface area (Å²) < 4.78 is 5.16. The van der Waals surface area contributed by atoms with Gasteiger partial charge >= 0.3 is 5.97 Å². The van der Waals surface area contributed by atoms with Crippen LogP contribution in [-0.2, 0) is 9.53 Å². The van der Waals surface area contributed by atoms with E-state index >= 15 is 0 Å². The van der Waals surface area contributed by atoms with Crippen LogP contribution >= 0.6 is 0 Å². The summed E-state index contributed by atoms with van der Waals surface area (Å²) >= 11 is 0. The van der Waals surface area contributed by atoms with Gasteiger partial charge in [0.05, 0.1) is 6.61 Å². The first-order chi connectivity index (χ1) is 10.7. The van der Waals surface area contributed by atoms with Crippen molar-refractivity contribution in [3.05, 3.63) is 24.0 Å².